The van der Waals surface area contributed by atoms with Crippen LogP contribution in [0.25, 0.3) is 10.6 Å². The number of para-hydroxylation sites is 1. The number of hydrogen-bond donors (Lipinski definition) is 0. The molecule has 27 heavy (non-hydrogen) atoms. The maximum Gasteiger partial charge on any atom is 0.165 e. The second-order valence-electron chi connectivity index (χ2n) is 6.52. The number of methoxy groups -OCH3 is 2. The van der Waals surface area contributed by atoms with E-state index in [-0.39, 0.29) is 0 Å². The lowest BCUT2D eigenvalue weighted by molar-refractivity contribution is 0.301. The Bertz CT molecular complexity index is 874. The predicted octanol–water partition coefficient (Wildman–Crippen LogP) is 5.02. The van der Waals surface area contributed by atoms with E-state index in [0.29, 0.717) is 0 Å². The number of aromatic nitrogens is 1. The molecule has 0 N–H and O–H groups in total. The highest BCUT2D eigenvalue weighted by molar-refractivity contribution is 7.13. The SMILES string of the molecule is CCc1ccc(-c2nc(CN(C)Cc3cccc(OC)c3OC)cs2)cc1. The lowest BCUT2D eigenvalue weighted by Gasteiger charge is -2.18. The van der Waals surface area contributed by atoms with Gasteiger partial charge in [0.25, 0.3) is 0 Å². The minimum Gasteiger partial charge on any atom is -0.493 e. The van der Waals surface area contributed by atoms with E-state index in [9.17, 15) is 0 Å². The molecule has 3 rings (SSSR count). The van der Waals surface area contributed by atoms with Crippen LogP contribution in [0.1, 0.15) is 23.7 Å². The van der Waals surface area contributed by atoms with Crippen molar-refractivity contribution in [3.8, 4) is 22.1 Å². The molecule has 0 amide bonds. The zero-order valence-electron chi connectivity index (χ0n) is 16.4. The van der Waals surface area contributed by atoms with Crippen molar-refractivity contribution < 1.29 is 9.47 Å². The molecule has 1 heterocycles. The van der Waals surface area contributed by atoms with E-state index < -0.39 is 0 Å². The van der Waals surface area contributed by atoms with Crippen LogP contribution >= 0.6 is 11.3 Å². The zero-order chi connectivity index (χ0) is 19.2. The van der Waals surface area contributed by atoms with Gasteiger partial charge in [0.1, 0.15) is 5.01 Å². The first-order valence-electron chi connectivity index (χ1n) is 9.06. The van der Waals surface area contributed by atoms with E-state index in [4.69, 9.17) is 14.5 Å². The van der Waals surface area contributed by atoms with Gasteiger partial charge in [-0.05, 0) is 25.1 Å². The first-order chi connectivity index (χ1) is 13.1. The van der Waals surface area contributed by atoms with Crippen molar-refractivity contribution in [1.29, 1.82) is 0 Å². The lowest BCUT2D eigenvalue weighted by atomic mass is 10.1. The molecule has 5 heteroatoms. The Labute approximate surface area is 165 Å². The molecule has 1 aromatic heterocycles. The highest BCUT2D eigenvalue weighted by Gasteiger charge is 2.13. The molecule has 3 aromatic rings. The zero-order valence-corrected chi connectivity index (χ0v) is 17.2. The lowest BCUT2D eigenvalue weighted by Crippen LogP contribution is -2.18. The van der Waals surface area contributed by atoms with Gasteiger partial charge in [-0.25, -0.2) is 4.98 Å². The van der Waals surface area contributed by atoms with Gasteiger partial charge in [0.05, 0.1) is 19.9 Å². The Morgan fingerprint density at radius 1 is 1.00 bits per heavy atom. The standard InChI is InChI=1S/C22H26N2O2S/c1-5-16-9-11-17(12-10-16)22-23-19(15-27-22)14-24(2)13-18-7-6-8-20(25-3)21(18)26-4/h6-12,15H,5,13-14H2,1-4H3. The maximum atomic E-state index is 5.53. The summed E-state index contributed by atoms with van der Waals surface area (Å²) in [6, 6.07) is 14.7. The molecule has 0 saturated heterocycles. The van der Waals surface area contributed by atoms with Crippen molar-refractivity contribution in [1.82, 2.24) is 9.88 Å². The largest absolute Gasteiger partial charge is 0.493 e. The molecule has 0 aliphatic rings. The van der Waals surface area contributed by atoms with Crippen molar-refractivity contribution in [2.24, 2.45) is 0 Å². The second kappa shape index (κ2) is 9.02. The highest BCUT2D eigenvalue weighted by atomic mass is 32.1. The quantitative estimate of drug-likeness (QED) is 0.548. The molecule has 0 aliphatic carbocycles. The summed E-state index contributed by atoms with van der Waals surface area (Å²) in [7, 11) is 5.43. The molecule has 142 valence electrons. The third-order valence-electron chi connectivity index (χ3n) is 4.52. The average Bonchev–Trinajstić information content (AvgIpc) is 3.16. The number of nitrogens with zero attached hydrogens (tertiary/aromatic N) is 2. The summed E-state index contributed by atoms with van der Waals surface area (Å²) in [6.45, 7) is 3.71. The number of aryl methyl sites for hydroxylation is 1. The van der Waals surface area contributed by atoms with Gasteiger partial charge in [0.2, 0.25) is 0 Å². The van der Waals surface area contributed by atoms with Gasteiger partial charge in [0.15, 0.2) is 11.5 Å². The van der Waals surface area contributed by atoms with Crippen molar-refractivity contribution in [3.05, 3.63) is 64.7 Å². The van der Waals surface area contributed by atoms with E-state index in [1.807, 2.05) is 12.1 Å². The predicted molar refractivity (Wildman–Crippen MR) is 112 cm³/mol. The van der Waals surface area contributed by atoms with Gasteiger partial charge in [-0.2, -0.15) is 0 Å². The van der Waals surface area contributed by atoms with Crippen molar-refractivity contribution >= 4 is 11.3 Å². The molecule has 2 aromatic carbocycles. The van der Waals surface area contributed by atoms with Gasteiger partial charge in [-0.3, -0.25) is 4.90 Å². The molecule has 0 bridgehead atoms. The number of benzene rings is 2. The molecular formula is C22H26N2O2S. The van der Waals surface area contributed by atoms with E-state index in [0.717, 1.165) is 47.3 Å². The molecule has 0 unspecified atom stereocenters. The summed E-state index contributed by atoms with van der Waals surface area (Å²) >= 11 is 1.70. The monoisotopic (exact) mass is 382 g/mol. The summed E-state index contributed by atoms with van der Waals surface area (Å²) in [5, 5.41) is 3.21. The number of hydrogen-bond acceptors (Lipinski definition) is 5. The van der Waals surface area contributed by atoms with Crippen LogP contribution in [-0.4, -0.2) is 31.2 Å². The van der Waals surface area contributed by atoms with Crippen LogP contribution in [-0.2, 0) is 19.5 Å². The smallest absolute Gasteiger partial charge is 0.165 e. The molecule has 0 atom stereocenters. The van der Waals surface area contributed by atoms with Gasteiger partial charge in [-0.15, -0.1) is 11.3 Å². The fourth-order valence-electron chi connectivity index (χ4n) is 3.10. The average molecular weight is 383 g/mol. The summed E-state index contributed by atoms with van der Waals surface area (Å²) in [4.78, 5) is 7.05. The molecule has 0 fully saturated rings. The summed E-state index contributed by atoms with van der Waals surface area (Å²) in [5.41, 5.74) is 4.71. The Balaban J connectivity index is 1.68. The molecular weight excluding hydrogens is 356 g/mol. The summed E-state index contributed by atoms with van der Waals surface area (Å²) in [6.07, 6.45) is 1.06. The molecule has 0 spiro atoms. The first kappa shape index (κ1) is 19.4. The van der Waals surface area contributed by atoms with E-state index in [1.54, 1.807) is 25.6 Å². The van der Waals surface area contributed by atoms with Crippen LogP contribution in [0.2, 0.25) is 0 Å². The Morgan fingerprint density at radius 3 is 2.44 bits per heavy atom. The fourth-order valence-corrected chi connectivity index (χ4v) is 3.91. The minimum atomic E-state index is 0.759. The molecule has 0 aliphatic heterocycles. The second-order valence-corrected chi connectivity index (χ2v) is 7.38. The Morgan fingerprint density at radius 2 is 1.78 bits per heavy atom. The van der Waals surface area contributed by atoms with Crippen LogP contribution in [0.4, 0.5) is 0 Å². The Hall–Kier alpha value is -2.37. The van der Waals surface area contributed by atoms with Gasteiger partial charge in [-0.1, -0.05) is 43.3 Å². The Kier molecular flexibility index (Phi) is 6.48. The first-order valence-corrected chi connectivity index (χ1v) is 9.94. The minimum absolute atomic E-state index is 0.759. The number of rotatable bonds is 8. The normalized spacial score (nSPS) is 11.0. The summed E-state index contributed by atoms with van der Waals surface area (Å²) in [5.74, 6) is 1.55. The van der Waals surface area contributed by atoms with Crippen LogP contribution in [0.5, 0.6) is 11.5 Å². The van der Waals surface area contributed by atoms with E-state index in [2.05, 4.69) is 54.6 Å². The van der Waals surface area contributed by atoms with Crippen LogP contribution in [0.15, 0.2) is 47.8 Å². The van der Waals surface area contributed by atoms with Crippen molar-refractivity contribution in [2.75, 3.05) is 21.3 Å². The third kappa shape index (κ3) is 4.67. The number of thiazole rings is 1. The van der Waals surface area contributed by atoms with Crippen molar-refractivity contribution in [2.45, 2.75) is 26.4 Å². The van der Waals surface area contributed by atoms with Crippen LogP contribution in [0.3, 0.4) is 0 Å². The van der Waals surface area contributed by atoms with Gasteiger partial charge >= 0.3 is 0 Å². The van der Waals surface area contributed by atoms with E-state index in [1.165, 1.54) is 11.1 Å². The highest BCUT2D eigenvalue weighted by Crippen LogP contribution is 2.31. The molecule has 4 nitrogen and oxygen atoms in total. The number of ether oxygens (including phenoxy) is 2. The third-order valence-corrected chi connectivity index (χ3v) is 5.46. The van der Waals surface area contributed by atoms with Gasteiger partial charge in [0, 0.05) is 29.6 Å². The van der Waals surface area contributed by atoms with Crippen LogP contribution in [0, 0.1) is 0 Å². The van der Waals surface area contributed by atoms with E-state index >= 15 is 0 Å². The van der Waals surface area contributed by atoms with Crippen molar-refractivity contribution in [3.63, 3.8) is 0 Å². The van der Waals surface area contributed by atoms with Gasteiger partial charge < -0.3 is 9.47 Å². The maximum absolute atomic E-state index is 5.53. The van der Waals surface area contributed by atoms with Crippen LogP contribution < -0.4 is 9.47 Å². The fraction of sp³-hybridized carbons (Fsp3) is 0.318. The topological polar surface area (TPSA) is 34.6 Å². The summed E-state index contributed by atoms with van der Waals surface area (Å²) < 4.78 is 10.9. The molecule has 0 radical (unpaired) electrons. The molecule has 0 saturated carbocycles.